The van der Waals surface area contributed by atoms with Crippen LogP contribution < -0.4 is 5.73 Å². The highest BCUT2D eigenvalue weighted by Crippen LogP contribution is 2.42. The molecule has 0 fully saturated rings. The van der Waals surface area contributed by atoms with Gasteiger partial charge in [-0.05, 0) is 48.6 Å². The Hall–Kier alpha value is -1.78. The van der Waals surface area contributed by atoms with Gasteiger partial charge in [-0.15, -0.1) is 11.3 Å². The molecule has 0 saturated carbocycles. The summed E-state index contributed by atoms with van der Waals surface area (Å²) < 4.78 is 5.24. The van der Waals surface area contributed by atoms with Crippen LogP contribution in [0.1, 0.15) is 16.9 Å². The number of aryl methyl sites for hydroxylation is 2. The fraction of sp³-hybridized carbons (Fsp3) is 0.188. The predicted octanol–water partition coefficient (Wildman–Crippen LogP) is 4.79. The van der Waals surface area contributed by atoms with Crippen molar-refractivity contribution in [1.82, 2.24) is 5.16 Å². The Morgan fingerprint density at radius 3 is 2.76 bits per heavy atom. The standard InChI is InChI=1S/C16H13ClN2OS/c17-11-6-4-9(5-7-11)14-15(19-20-16(14)18)13-8-10-2-1-3-12(10)21-13/h4-8H,1-3,18H2. The molecule has 0 saturated heterocycles. The van der Waals surface area contributed by atoms with Crippen LogP contribution in [0.3, 0.4) is 0 Å². The Morgan fingerprint density at radius 2 is 2.00 bits per heavy atom. The Balaban J connectivity index is 1.84. The van der Waals surface area contributed by atoms with Gasteiger partial charge in [0.1, 0.15) is 5.69 Å². The summed E-state index contributed by atoms with van der Waals surface area (Å²) in [7, 11) is 0. The summed E-state index contributed by atoms with van der Waals surface area (Å²) in [5.74, 6) is 0.348. The van der Waals surface area contributed by atoms with Gasteiger partial charge in [0.2, 0.25) is 5.88 Å². The minimum Gasteiger partial charge on any atom is -0.367 e. The average Bonchev–Trinajstić information content (AvgIpc) is 3.13. The number of hydrogen-bond donors (Lipinski definition) is 1. The summed E-state index contributed by atoms with van der Waals surface area (Å²) in [5, 5.41) is 4.87. The molecule has 0 spiro atoms. The Kier molecular flexibility index (Phi) is 3.01. The molecule has 1 aliphatic carbocycles. The van der Waals surface area contributed by atoms with E-state index in [0.717, 1.165) is 28.1 Å². The maximum absolute atomic E-state index is 5.98. The van der Waals surface area contributed by atoms with Gasteiger partial charge in [-0.2, -0.15) is 0 Å². The average molecular weight is 317 g/mol. The third-order valence-electron chi connectivity index (χ3n) is 3.83. The van der Waals surface area contributed by atoms with Crippen LogP contribution in [0.2, 0.25) is 5.02 Å². The number of nitrogens with zero attached hydrogens (tertiary/aromatic N) is 1. The third-order valence-corrected chi connectivity index (χ3v) is 5.33. The molecule has 4 rings (SSSR count). The number of hydrogen-bond acceptors (Lipinski definition) is 4. The Morgan fingerprint density at radius 1 is 1.19 bits per heavy atom. The van der Waals surface area contributed by atoms with Gasteiger partial charge in [-0.25, -0.2) is 0 Å². The summed E-state index contributed by atoms with van der Waals surface area (Å²) in [6.45, 7) is 0. The highest BCUT2D eigenvalue weighted by Gasteiger charge is 2.22. The van der Waals surface area contributed by atoms with Crippen molar-refractivity contribution >= 4 is 28.8 Å². The third kappa shape index (κ3) is 2.15. The summed E-state index contributed by atoms with van der Waals surface area (Å²) >= 11 is 7.75. The van der Waals surface area contributed by atoms with E-state index in [1.807, 2.05) is 24.3 Å². The molecule has 0 unspecified atom stereocenters. The fourth-order valence-electron chi connectivity index (χ4n) is 2.81. The van der Waals surface area contributed by atoms with Gasteiger partial charge in [0.15, 0.2) is 0 Å². The van der Waals surface area contributed by atoms with E-state index >= 15 is 0 Å². The van der Waals surface area contributed by atoms with Crippen LogP contribution in [-0.2, 0) is 12.8 Å². The smallest absolute Gasteiger partial charge is 0.230 e. The molecule has 1 aliphatic rings. The van der Waals surface area contributed by atoms with Crippen LogP contribution in [0.25, 0.3) is 21.7 Å². The van der Waals surface area contributed by atoms with Gasteiger partial charge in [0, 0.05) is 9.90 Å². The Bertz CT molecular complexity index is 783. The largest absolute Gasteiger partial charge is 0.367 e. The van der Waals surface area contributed by atoms with E-state index in [2.05, 4.69) is 11.2 Å². The molecule has 1 aromatic carbocycles. The van der Waals surface area contributed by atoms with Crippen molar-refractivity contribution in [2.24, 2.45) is 0 Å². The number of aromatic nitrogens is 1. The van der Waals surface area contributed by atoms with Gasteiger partial charge in [-0.1, -0.05) is 28.9 Å². The number of halogens is 1. The second-order valence-corrected chi connectivity index (χ2v) is 6.76. The number of rotatable bonds is 2. The highest BCUT2D eigenvalue weighted by molar-refractivity contribution is 7.15. The minimum absolute atomic E-state index is 0.348. The van der Waals surface area contributed by atoms with Crippen molar-refractivity contribution in [3.05, 3.63) is 45.8 Å². The van der Waals surface area contributed by atoms with Crippen LogP contribution in [0.15, 0.2) is 34.9 Å². The first-order valence-electron chi connectivity index (χ1n) is 6.85. The molecule has 0 atom stereocenters. The van der Waals surface area contributed by atoms with Crippen LogP contribution in [-0.4, -0.2) is 5.16 Å². The quantitative estimate of drug-likeness (QED) is 0.739. The zero-order valence-electron chi connectivity index (χ0n) is 11.2. The van der Waals surface area contributed by atoms with Gasteiger partial charge in [0.05, 0.1) is 10.4 Å². The Labute approximate surface area is 131 Å². The molecule has 3 aromatic rings. The molecule has 0 radical (unpaired) electrons. The minimum atomic E-state index is 0.348. The predicted molar refractivity (Wildman–Crippen MR) is 86.7 cm³/mol. The van der Waals surface area contributed by atoms with Crippen molar-refractivity contribution in [2.45, 2.75) is 19.3 Å². The number of fused-ring (bicyclic) bond motifs is 1. The fourth-order valence-corrected chi connectivity index (χ4v) is 4.18. The first kappa shape index (κ1) is 12.9. The molecule has 3 nitrogen and oxygen atoms in total. The lowest BCUT2D eigenvalue weighted by atomic mass is 10.0. The van der Waals surface area contributed by atoms with E-state index in [1.54, 1.807) is 11.3 Å². The molecule has 0 bridgehead atoms. The van der Waals surface area contributed by atoms with E-state index in [1.165, 1.54) is 23.3 Å². The normalized spacial score (nSPS) is 13.6. The SMILES string of the molecule is Nc1onc(-c2cc3c(s2)CCC3)c1-c1ccc(Cl)cc1. The first-order chi connectivity index (χ1) is 10.2. The second kappa shape index (κ2) is 4.90. The van der Waals surface area contributed by atoms with Crippen molar-refractivity contribution < 1.29 is 4.52 Å². The lowest BCUT2D eigenvalue weighted by Gasteiger charge is -2.01. The topological polar surface area (TPSA) is 52.0 Å². The van der Waals surface area contributed by atoms with Crippen molar-refractivity contribution in [3.63, 3.8) is 0 Å². The zero-order chi connectivity index (χ0) is 14.4. The molecule has 5 heteroatoms. The molecule has 2 aromatic heterocycles. The van der Waals surface area contributed by atoms with E-state index in [9.17, 15) is 0 Å². The summed E-state index contributed by atoms with van der Waals surface area (Å²) in [4.78, 5) is 2.60. The van der Waals surface area contributed by atoms with Crippen LogP contribution in [0.5, 0.6) is 0 Å². The highest BCUT2D eigenvalue weighted by atomic mass is 35.5. The monoisotopic (exact) mass is 316 g/mol. The number of benzene rings is 1. The van der Waals surface area contributed by atoms with E-state index < -0.39 is 0 Å². The number of thiophene rings is 1. The summed E-state index contributed by atoms with van der Waals surface area (Å²) in [5.41, 5.74) is 10.1. The van der Waals surface area contributed by atoms with Gasteiger partial charge in [0.25, 0.3) is 0 Å². The van der Waals surface area contributed by atoms with E-state index in [0.29, 0.717) is 10.9 Å². The number of nitrogens with two attached hydrogens (primary N) is 1. The molecule has 106 valence electrons. The zero-order valence-corrected chi connectivity index (χ0v) is 12.8. The first-order valence-corrected chi connectivity index (χ1v) is 8.05. The molecule has 21 heavy (non-hydrogen) atoms. The molecular weight excluding hydrogens is 304 g/mol. The molecule has 2 heterocycles. The van der Waals surface area contributed by atoms with E-state index in [4.69, 9.17) is 21.9 Å². The van der Waals surface area contributed by atoms with Crippen LogP contribution in [0, 0.1) is 0 Å². The van der Waals surface area contributed by atoms with E-state index in [-0.39, 0.29) is 0 Å². The molecule has 0 amide bonds. The van der Waals surface area contributed by atoms with Crippen molar-refractivity contribution in [3.8, 4) is 21.7 Å². The molecule has 2 N–H and O–H groups in total. The lowest BCUT2D eigenvalue weighted by molar-refractivity contribution is 0.439. The van der Waals surface area contributed by atoms with Gasteiger partial charge in [-0.3, -0.25) is 0 Å². The van der Waals surface area contributed by atoms with Crippen LogP contribution >= 0.6 is 22.9 Å². The summed E-state index contributed by atoms with van der Waals surface area (Å²) in [6.07, 6.45) is 3.59. The van der Waals surface area contributed by atoms with Crippen molar-refractivity contribution in [2.75, 3.05) is 5.73 Å². The maximum atomic E-state index is 5.98. The number of nitrogen functional groups attached to an aromatic ring is 1. The summed E-state index contributed by atoms with van der Waals surface area (Å²) in [6, 6.07) is 9.80. The molecular formula is C16H13ClN2OS. The second-order valence-electron chi connectivity index (χ2n) is 5.19. The maximum Gasteiger partial charge on any atom is 0.230 e. The lowest BCUT2D eigenvalue weighted by Crippen LogP contribution is -1.86. The number of anilines is 1. The van der Waals surface area contributed by atoms with Crippen LogP contribution in [0.4, 0.5) is 5.88 Å². The molecule has 0 aliphatic heterocycles. The van der Waals surface area contributed by atoms with Gasteiger partial charge >= 0.3 is 0 Å². The van der Waals surface area contributed by atoms with Crippen molar-refractivity contribution in [1.29, 1.82) is 0 Å². The van der Waals surface area contributed by atoms with Gasteiger partial charge < -0.3 is 10.3 Å².